The summed E-state index contributed by atoms with van der Waals surface area (Å²) in [7, 11) is 0. The fourth-order valence-electron chi connectivity index (χ4n) is 1.43. The van der Waals surface area contributed by atoms with Gasteiger partial charge in [-0.05, 0) is 12.1 Å². The predicted octanol–water partition coefficient (Wildman–Crippen LogP) is 2.20. The molecule has 0 bridgehead atoms. The van der Waals surface area contributed by atoms with Crippen molar-refractivity contribution in [2.75, 3.05) is 0 Å². The van der Waals surface area contributed by atoms with Crippen molar-refractivity contribution in [3.63, 3.8) is 0 Å². The van der Waals surface area contributed by atoms with Crippen LogP contribution in [0.4, 0.5) is 13.2 Å². The fourth-order valence-corrected chi connectivity index (χ4v) is 1.43. The highest BCUT2D eigenvalue weighted by atomic mass is 19.4. The zero-order chi connectivity index (χ0) is 14.2. The van der Waals surface area contributed by atoms with Crippen molar-refractivity contribution >= 4 is 0 Å². The van der Waals surface area contributed by atoms with E-state index in [4.69, 9.17) is 4.42 Å². The highest BCUT2D eigenvalue weighted by Crippen LogP contribution is 2.29. The summed E-state index contributed by atoms with van der Waals surface area (Å²) in [4.78, 5) is 7.24. The minimum absolute atomic E-state index is 0.131. The molecule has 102 valence electrons. The van der Waals surface area contributed by atoms with Crippen LogP contribution in [-0.2, 0) is 6.18 Å². The summed E-state index contributed by atoms with van der Waals surface area (Å²) < 4.78 is 46.2. The summed E-state index contributed by atoms with van der Waals surface area (Å²) in [6, 6.07) is 2.85. The van der Waals surface area contributed by atoms with E-state index >= 15 is 0 Å². The van der Waals surface area contributed by atoms with Crippen molar-refractivity contribution < 1.29 is 22.1 Å². The fraction of sp³-hybridized carbons (Fsp3) is 0.100. The molecule has 3 rings (SSSR count). The van der Waals surface area contributed by atoms with Crippen LogP contribution in [0.3, 0.4) is 0 Å². The molecule has 0 aliphatic carbocycles. The van der Waals surface area contributed by atoms with E-state index in [0.717, 1.165) is 6.39 Å². The first-order valence-corrected chi connectivity index (χ1v) is 5.18. The largest absolute Gasteiger partial charge is 0.471 e. The molecule has 3 aromatic rings. The number of rotatable bonds is 2. The Morgan fingerprint density at radius 2 is 2.05 bits per heavy atom. The first kappa shape index (κ1) is 12.3. The van der Waals surface area contributed by atoms with Gasteiger partial charge in [0.15, 0.2) is 0 Å². The van der Waals surface area contributed by atoms with Crippen molar-refractivity contribution in [3.05, 3.63) is 30.6 Å². The van der Waals surface area contributed by atoms with E-state index in [9.17, 15) is 13.2 Å². The molecule has 20 heavy (non-hydrogen) atoms. The maximum absolute atomic E-state index is 12.4. The highest BCUT2D eigenvalue weighted by molar-refractivity contribution is 5.61. The molecule has 0 saturated heterocycles. The Bertz CT molecular complexity index is 723. The molecule has 0 fully saturated rings. The van der Waals surface area contributed by atoms with E-state index in [1.165, 1.54) is 18.3 Å². The maximum atomic E-state index is 12.4. The zero-order valence-corrected chi connectivity index (χ0v) is 9.50. The first-order valence-electron chi connectivity index (χ1n) is 5.18. The van der Waals surface area contributed by atoms with Crippen molar-refractivity contribution in [3.8, 4) is 23.0 Å². The monoisotopic (exact) mass is 283 g/mol. The van der Waals surface area contributed by atoms with Crippen molar-refractivity contribution in [2.45, 2.75) is 6.18 Å². The van der Waals surface area contributed by atoms with E-state index in [1.807, 2.05) is 0 Å². The molecule has 0 amide bonds. The number of aromatic nitrogens is 5. The van der Waals surface area contributed by atoms with E-state index in [-0.39, 0.29) is 17.3 Å². The third kappa shape index (κ3) is 2.22. The summed E-state index contributed by atoms with van der Waals surface area (Å²) in [6.45, 7) is 0. The molecule has 10 heteroatoms. The molecule has 0 unspecified atom stereocenters. The third-order valence-corrected chi connectivity index (χ3v) is 2.27. The summed E-state index contributed by atoms with van der Waals surface area (Å²) in [6.07, 6.45) is -2.22. The molecule has 3 aromatic heterocycles. The number of alkyl halides is 3. The van der Waals surface area contributed by atoms with Crippen LogP contribution in [-0.4, -0.2) is 25.3 Å². The standard InChI is InChI=1S/C10H4F3N5O2/c11-10(12,13)9-16-7(18-20-9)5-1-2-14-6(3-5)8-17-15-4-19-8/h1-4H. The maximum Gasteiger partial charge on any atom is 0.471 e. The zero-order valence-electron chi connectivity index (χ0n) is 9.50. The van der Waals surface area contributed by atoms with Gasteiger partial charge in [-0.15, -0.1) is 10.2 Å². The van der Waals surface area contributed by atoms with Crippen LogP contribution in [0.5, 0.6) is 0 Å². The predicted molar refractivity (Wildman–Crippen MR) is 55.8 cm³/mol. The lowest BCUT2D eigenvalue weighted by molar-refractivity contribution is -0.159. The average Bonchev–Trinajstić information content (AvgIpc) is 3.10. The molecule has 0 aliphatic rings. The minimum Gasteiger partial charge on any atom is -0.422 e. The van der Waals surface area contributed by atoms with Gasteiger partial charge in [0.1, 0.15) is 5.69 Å². The van der Waals surface area contributed by atoms with Gasteiger partial charge in [0.25, 0.3) is 5.89 Å². The Morgan fingerprint density at radius 3 is 2.70 bits per heavy atom. The van der Waals surface area contributed by atoms with Gasteiger partial charge in [-0.25, -0.2) is 0 Å². The molecule has 0 radical (unpaired) electrons. The van der Waals surface area contributed by atoms with Gasteiger partial charge in [-0.1, -0.05) is 5.16 Å². The highest BCUT2D eigenvalue weighted by Gasteiger charge is 2.38. The van der Waals surface area contributed by atoms with Crippen molar-refractivity contribution in [2.24, 2.45) is 0 Å². The summed E-state index contributed by atoms with van der Waals surface area (Å²) >= 11 is 0. The lowest BCUT2D eigenvalue weighted by Crippen LogP contribution is -2.04. The molecule has 0 spiro atoms. The van der Waals surface area contributed by atoms with Crippen LogP contribution in [0.1, 0.15) is 5.89 Å². The van der Waals surface area contributed by atoms with Crippen LogP contribution in [0.15, 0.2) is 33.7 Å². The quantitative estimate of drug-likeness (QED) is 0.711. The number of halogens is 3. The van der Waals surface area contributed by atoms with E-state index in [0.29, 0.717) is 5.69 Å². The topological polar surface area (TPSA) is 90.7 Å². The normalized spacial score (nSPS) is 11.8. The Morgan fingerprint density at radius 1 is 1.20 bits per heavy atom. The molecule has 0 atom stereocenters. The second-order valence-corrected chi connectivity index (χ2v) is 3.59. The van der Waals surface area contributed by atoms with Crippen molar-refractivity contribution in [1.29, 1.82) is 0 Å². The van der Waals surface area contributed by atoms with Crippen molar-refractivity contribution in [1.82, 2.24) is 25.3 Å². The van der Waals surface area contributed by atoms with Gasteiger partial charge < -0.3 is 8.94 Å². The third-order valence-electron chi connectivity index (χ3n) is 2.27. The molecule has 7 nitrogen and oxygen atoms in total. The molecule has 0 N–H and O–H groups in total. The minimum atomic E-state index is -4.69. The van der Waals surface area contributed by atoms with Crippen LogP contribution < -0.4 is 0 Å². The average molecular weight is 283 g/mol. The second kappa shape index (κ2) is 4.40. The molecule has 0 aliphatic heterocycles. The molecular formula is C10H4F3N5O2. The Kier molecular flexibility index (Phi) is 2.70. The Labute approximate surface area is 108 Å². The van der Waals surface area contributed by atoms with Gasteiger partial charge in [0.05, 0.1) is 0 Å². The van der Waals surface area contributed by atoms with Crippen LogP contribution in [0, 0.1) is 0 Å². The van der Waals surface area contributed by atoms with Gasteiger partial charge in [-0.3, -0.25) is 4.98 Å². The Hall–Kier alpha value is -2.78. The van der Waals surface area contributed by atoms with Gasteiger partial charge >= 0.3 is 12.1 Å². The molecule has 0 saturated carbocycles. The van der Waals surface area contributed by atoms with Crippen LogP contribution in [0.2, 0.25) is 0 Å². The molecule has 0 aromatic carbocycles. The van der Waals surface area contributed by atoms with Gasteiger partial charge in [0.2, 0.25) is 12.2 Å². The van der Waals surface area contributed by atoms with Crippen LogP contribution >= 0.6 is 0 Å². The number of pyridine rings is 1. The number of nitrogens with zero attached hydrogens (tertiary/aromatic N) is 5. The first-order chi connectivity index (χ1) is 9.54. The van der Waals surface area contributed by atoms with E-state index in [1.54, 1.807) is 0 Å². The summed E-state index contributed by atoms with van der Waals surface area (Å²) in [5.74, 6) is -1.49. The SMILES string of the molecule is FC(F)(F)c1nc(-c2ccnc(-c3nnco3)c2)no1. The smallest absolute Gasteiger partial charge is 0.422 e. The number of hydrogen-bond donors (Lipinski definition) is 0. The molecule has 3 heterocycles. The van der Waals surface area contributed by atoms with Crippen LogP contribution in [0.25, 0.3) is 23.0 Å². The molecular weight excluding hydrogens is 279 g/mol. The number of hydrogen-bond acceptors (Lipinski definition) is 7. The van der Waals surface area contributed by atoms with E-state index < -0.39 is 12.1 Å². The second-order valence-electron chi connectivity index (χ2n) is 3.59. The van der Waals surface area contributed by atoms with Gasteiger partial charge in [0, 0.05) is 11.8 Å². The summed E-state index contributed by atoms with van der Waals surface area (Å²) in [5.41, 5.74) is 0.575. The van der Waals surface area contributed by atoms with Gasteiger partial charge in [-0.2, -0.15) is 18.2 Å². The Balaban J connectivity index is 1.99. The lowest BCUT2D eigenvalue weighted by Gasteiger charge is -1.97. The van der Waals surface area contributed by atoms with E-state index in [2.05, 4.69) is 29.8 Å². The lowest BCUT2D eigenvalue weighted by atomic mass is 10.2. The summed E-state index contributed by atoms with van der Waals surface area (Å²) in [5, 5.41) is 10.4.